The minimum Gasteiger partial charge on any atom is -0.348 e. The van der Waals surface area contributed by atoms with Gasteiger partial charge in [-0.1, -0.05) is 34.8 Å². The third-order valence-electron chi connectivity index (χ3n) is 3.25. The Morgan fingerprint density at radius 2 is 1.85 bits per heavy atom. The predicted molar refractivity (Wildman–Crippen MR) is 68.6 cm³/mol. The maximum absolute atomic E-state index is 12.3. The Bertz CT molecular complexity index is 423. The second kappa shape index (κ2) is 4.93. The molecule has 3 heterocycles. The van der Waals surface area contributed by atoms with E-state index in [1.165, 1.54) is 0 Å². The standard InChI is InChI=1S/C11H13Cl3O6/c1-10(2)16-3-4(20-10)6-5(15)7-8(17-6)19-9(18-7)11(12,13)14/h4,6-9H,3H2,1-2H3/t4-,6-,7-,8-,9?/m1/s1. The third kappa shape index (κ3) is 2.68. The summed E-state index contributed by atoms with van der Waals surface area (Å²) in [5, 5.41) is 0. The highest BCUT2D eigenvalue weighted by molar-refractivity contribution is 6.67. The van der Waals surface area contributed by atoms with E-state index in [0.29, 0.717) is 0 Å². The van der Waals surface area contributed by atoms with E-state index in [-0.39, 0.29) is 12.4 Å². The fourth-order valence-electron chi connectivity index (χ4n) is 2.39. The number of ether oxygens (including phenoxy) is 5. The molecule has 0 aromatic heterocycles. The summed E-state index contributed by atoms with van der Waals surface area (Å²) in [7, 11) is 0. The van der Waals surface area contributed by atoms with Gasteiger partial charge >= 0.3 is 0 Å². The van der Waals surface area contributed by atoms with Crippen molar-refractivity contribution in [2.75, 3.05) is 6.61 Å². The van der Waals surface area contributed by atoms with Gasteiger partial charge in [-0.05, 0) is 13.8 Å². The van der Waals surface area contributed by atoms with Crippen molar-refractivity contribution in [3.05, 3.63) is 0 Å². The molecule has 3 rings (SSSR count). The fraction of sp³-hybridized carbons (Fsp3) is 0.909. The Morgan fingerprint density at radius 1 is 1.15 bits per heavy atom. The van der Waals surface area contributed by atoms with Gasteiger partial charge in [-0.2, -0.15) is 0 Å². The first-order valence-electron chi connectivity index (χ1n) is 6.06. The van der Waals surface area contributed by atoms with Gasteiger partial charge in [0.1, 0.15) is 6.10 Å². The lowest BCUT2D eigenvalue weighted by atomic mass is 10.1. The van der Waals surface area contributed by atoms with E-state index in [4.69, 9.17) is 58.5 Å². The Morgan fingerprint density at radius 3 is 2.35 bits per heavy atom. The third-order valence-corrected chi connectivity index (χ3v) is 3.79. The minimum absolute atomic E-state index is 0.261. The highest BCUT2D eigenvalue weighted by atomic mass is 35.6. The summed E-state index contributed by atoms with van der Waals surface area (Å²) >= 11 is 17.0. The van der Waals surface area contributed by atoms with Crippen molar-refractivity contribution >= 4 is 40.6 Å². The van der Waals surface area contributed by atoms with Gasteiger partial charge in [0.15, 0.2) is 30.1 Å². The minimum atomic E-state index is -1.78. The number of hydrogen-bond donors (Lipinski definition) is 0. The van der Waals surface area contributed by atoms with Gasteiger partial charge in [-0.15, -0.1) is 0 Å². The molecule has 5 atom stereocenters. The van der Waals surface area contributed by atoms with Crippen LogP contribution in [0.4, 0.5) is 0 Å². The van der Waals surface area contributed by atoms with Gasteiger partial charge < -0.3 is 23.7 Å². The molecule has 20 heavy (non-hydrogen) atoms. The van der Waals surface area contributed by atoms with Crippen molar-refractivity contribution in [3.63, 3.8) is 0 Å². The van der Waals surface area contributed by atoms with Gasteiger partial charge in [0.2, 0.25) is 10.1 Å². The highest BCUT2D eigenvalue weighted by Gasteiger charge is 2.58. The number of carbonyl (C=O) groups is 1. The van der Waals surface area contributed by atoms with E-state index in [0.717, 1.165) is 0 Å². The Balaban J connectivity index is 1.66. The molecule has 1 unspecified atom stereocenters. The van der Waals surface area contributed by atoms with E-state index < -0.39 is 40.5 Å². The molecule has 0 saturated carbocycles. The summed E-state index contributed by atoms with van der Waals surface area (Å²) in [6.45, 7) is 3.79. The van der Waals surface area contributed by atoms with Crippen LogP contribution in [0.1, 0.15) is 13.8 Å². The molecule has 0 bridgehead atoms. The van der Waals surface area contributed by atoms with Crippen LogP contribution in [0.3, 0.4) is 0 Å². The topological polar surface area (TPSA) is 63.2 Å². The van der Waals surface area contributed by atoms with Crippen molar-refractivity contribution in [1.82, 2.24) is 0 Å². The van der Waals surface area contributed by atoms with E-state index in [9.17, 15) is 4.79 Å². The smallest absolute Gasteiger partial charge is 0.241 e. The van der Waals surface area contributed by atoms with Crippen LogP contribution in [-0.4, -0.2) is 52.9 Å². The average Bonchev–Trinajstić information content (AvgIpc) is 2.93. The molecule has 0 spiro atoms. The summed E-state index contributed by atoms with van der Waals surface area (Å²) in [4.78, 5) is 12.3. The zero-order valence-corrected chi connectivity index (χ0v) is 12.9. The fourth-order valence-corrected chi connectivity index (χ4v) is 2.70. The molecule has 0 radical (unpaired) electrons. The molecule has 0 N–H and O–H groups in total. The van der Waals surface area contributed by atoms with E-state index in [1.54, 1.807) is 13.8 Å². The summed E-state index contributed by atoms with van der Waals surface area (Å²) < 4.78 is 25.4. The Kier molecular flexibility index (Phi) is 3.75. The molecule has 3 aliphatic rings. The zero-order valence-electron chi connectivity index (χ0n) is 10.7. The average molecular weight is 348 g/mol. The number of alkyl halides is 3. The van der Waals surface area contributed by atoms with Crippen molar-refractivity contribution in [2.45, 2.75) is 54.3 Å². The molecular weight excluding hydrogens is 334 g/mol. The SMILES string of the molecule is CC1(C)OC[C@H]([C@H]2O[C@@H]3OC(C(Cl)(Cl)Cl)O[C@@H]3C2=O)O1. The second-order valence-corrected chi connectivity index (χ2v) is 7.63. The summed E-state index contributed by atoms with van der Waals surface area (Å²) in [6.07, 6.45) is -4.23. The monoisotopic (exact) mass is 346 g/mol. The summed E-state index contributed by atoms with van der Waals surface area (Å²) in [6, 6.07) is 0. The molecule has 0 aliphatic carbocycles. The number of hydrogen-bond acceptors (Lipinski definition) is 6. The van der Waals surface area contributed by atoms with Gasteiger partial charge in [0.25, 0.3) is 0 Å². The van der Waals surface area contributed by atoms with Gasteiger partial charge in [-0.25, -0.2) is 0 Å². The summed E-state index contributed by atoms with van der Waals surface area (Å²) in [5.41, 5.74) is 0. The molecule has 3 fully saturated rings. The number of fused-ring (bicyclic) bond motifs is 1. The first-order chi connectivity index (χ1) is 9.17. The maximum Gasteiger partial charge on any atom is 0.241 e. The zero-order chi connectivity index (χ0) is 14.7. The van der Waals surface area contributed by atoms with Crippen molar-refractivity contribution in [1.29, 1.82) is 0 Å². The molecule has 0 aromatic rings. The van der Waals surface area contributed by atoms with Crippen LogP contribution in [-0.2, 0) is 28.5 Å². The lowest BCUT2D eigenvalue weighted by Gasteiger charge is -2.22. The lowest BCUT2D eigenvalue weighted by Crippen LogP contribution is -2.39. The van der Waals surface area contributed by atoms with Gasteiger partial charge in [0, 0.05) is 0 Å². The van der Waals surface area contributed by atoms with E-state index >= 15 is 0 Å². The van der Waals surface area contributed by atoms with Crippen molar-refractivity contribution in [2.24, 2.45) is 0 Å². The van der Waals surface area contributed by atoms with Crippen LogP contribution >= 0.6 is 34.8 Å². The molecule has 9 heteroatoms. The summed E-state index contributed by atoms with van der Waals surface area (Å²) in [5.74, 6) is -1.04. The predicted octanol–water partition coefficient (Wildman–Crippen LogP) is 1.54. The first-order valence-corrected chi connectivity index (χ1v) is 7.19. The molecule has 0 amide bonds. The van der Waals surface area contributed by atoms with Crippen LogP contribution in [0, 0.1) is 0 Å². The molecule has 3 aliphatic heterocycles. The van der Waals surface area contributed by atoms with Gasteiger partial charge in [0.05, 0.1) is 6.61 Å². The molecule has 6 nitrogen and oxygen atoms in total. The largest absolute Gasteiger partial charge is 0.348 e. The number of rotatable bonds is 1. The molecule has 114 valence electrons. The quantitative estimate of drug-likeness (QED) is 0.671. The van der Waals surface area contributed by atoms with Crippen LogP contribution in [0.5, 0.6) is 0 Å². The molecule has 0 aromatic carbocycles. The van der Waals surface area contributed by atoms with Crippen LogP contribution in [0.2, 0.25) is 0 Å². The van der Waals surface area contributed by atoms with E-state index in [2.05, 4.69) is 0 Å². The normalized spacial score (nSPS) is 44.0. The first kappa shape index (κ1) is 15.2. The molecule has 3 saturated heterocycles. The number of carbonyl (C=O) groups excluding carboxylic acids is 1. The van der Waals surface area contributed by atoms with Crippen molar-refractivity contribution < 1.29 is 28.5 Å². The number of halogens is 3. The number of Topliss-reactive ketones (excluding diaryl/α,β-unsaturated/α-hetero) is 1. The lowest BCUT2D eigenvalue weighted by molar-refractivity contribution is -0.190. The Labute approximate surface area is 130 Å². The second-order valence-electron chi connectivity index (χ2n) is 5.26. The highest BCUT2D eigenvalue weighted by Crippen LogP contribution is 2.42. The van der Waals surface area contributed by atoms with Crippen LogP contribution < -0.4 is 0 Å². The van der Waals surface area contributed by atoms with Crippen LogP contribution in [0.15, 0.2) is 0 Å². The Hall–Kier alpha value is 0.340. The van der Waals surface area contributed by atoms with Crippen molar-refractivity contribution in [3.8, 4) is 0 Å². The molecular formula is C11H13Cl3O6. The van der Waals surface area contributed by atoms with E-state index in [1.807, 2.05) is 0 Å². The number of ketones is 1. The maximum atomic E-state index is 12.3. The van der Waals surface area contributed by atoms with Gasteiger partial charge in [-0.3, -0.25) is 4.79 Å². The van der Waals surface area contributed by atoms with Crippen LogP contribution in [0.25, 0.3) is 0 Å².